The molecule has 0 fully saturated rings. The van der Waals surface area contributed by atoms with Gasteiger partial charge in [0, 0.05) is 12.1 Å². The molecule has 7 heteroatoms. The van der Waals surface area contributed by atoms with E-state index in [0.29, 0.717) is 5.56 Å². The molecule has 1 aromatic rings. The van der Waals surface area contributed by atoms with E-state index in [9.17, 15) is 19.7 Å². The van der Waals surface area contributed by atoms with Gasteiger partial charge in [-0.15, -0.1) is 0 Å². The molecule has 0 aliphatic carbocycles. The van der Waals surface area contributed by atoms with E-state index in [1.807, 2.05) is 0 Å². The number of esters is 1. The first-order chi connectivity index (χ1) is 8.45. The summed E-state index contributed by atoms with van der Waals surface area (Å²) in [7, 11) is 1.20. The van der Waals surface area contributed by atoms with Crippen molar-refractivity contribution in [3.05, 3.63) is 45.5 Å². The lowest BCUT2D eigenvalue weighted by Gasteiger charge is -1.99. The van der Waals surface area contributed by atoms with E-state index in [0.717, 1.165) is 18.2 Å². The van der Waals surface area contributed by atoms with Crippen LogP contribution in [0.4, 0.5) is 5.69 Å². The average Bonchev–Trinajstić information content (AvgIpc) is 2.35. The van der Waals surface area contributed by atoms with Crippen molar-refractivity contribution in [1.29, 1.82) is 0 Å². The Bertz CT molecular complexity index is 534. The molecule has 0 bridgehead atoms. The van der Waals surface area contributed by atoms with Gasteiger partial charge in [-0.05, 0) is 23.8 Å². The lowest BCUT2D eigenvalue weighted by Crippen LogP contribution is -2.03. The lowest BCUT2D eigenvalue weighted by molar-refractivity contribution is -0.385. The first-order valence-corrected chi connectivity index (χ1v) is 4.73. The number of nitro groups is 1. The second-order valence-electron chi connectivity index (χ2n) is 3.20. The zero-order chi connectivity index (χ0) is 13.7. The first kappa shape index (κ1) is 13.4. The fourth-order valence-electron chi connectivity index (χ4n) is 1.22. The molecule has 18 heavy (non-hydrogen) atoms. The maximum Gasteiger partial charge on any atom is 0.342 e. The van der Waals surface area contributed by atoms with Crippen molar-refractivity contribution in [1.82, 2.24) is 0 Å². The number of carbonyl (C=O) groups is 2. The number of carbonyl (C=O) groups excluding carboxylic acids is 1. The quantitative estimate of drug-likeness (QED) is 0.376. The summed E-state index contributed by atoms with van der Waals surface area (Å²) in [5.41, 5.74) is -0.590. The minimum atomic E-state index is -1.41. The largest absolute Gasteiger partial charge is 0.477 e. The van der Waals surface area contributed by atoms with E-state index < -0.39 is 28.1 Å². The Morgan fingerprint density at radius 2 is 2.11 bits per heavy atom. The number of nitro benzene ring substituents is 1. The molecular weight excluding hydrogens is 242 g/mol. The fraction of sp³-hybridized carbons (Fsp3) is 0.0909. The van der Waals surface area contributed by atoms with Crippen LogP contribution in [0.25, 0.3) is 6.08 Å². The van der Waals surface area contributed by atoms with Crippen LogP contribution in [0.3, 0.4) is 0 Å². The number of aromatic carboxylic acids is 1. The van der Waals surface area contributed by atoms with Gasteiger partial charge in [0.1, 0.15) is 5.56 Å². The highest BCUT2D eigenvalue weighted by atomic mass is 16.6. The van der Waals surface area contributed by atoms with Crippen LogP contribution < -0.4 is 0 Å². The number of benzene rings is 1. The monoisotopic (exact) mass is 251 g/mol. The van der Waals surface area contributed by atoms with Gasteiger partial charge in [0.25, 0.3) is 5.69 Å². The number of carboxylic acid groups (broad SMARTS) is 1. The number of methoxy groups -OCH3 is 1. The molecule has 0 aliphatic rings. The van der Waals surface area contributed by atoms with Crippen molar-refractivity contribution in [2.24, 2.45) is 0 Å². The third kappa shape index (κ3) is 3.14. The molecule has 94 valence electrons. The van der Waals surface area contributed by atoms with Gasteiger partial charge in [-0.3, -0.25) is 10.1 Å². The summed E-state index contributed by atoms with van der Waals surface area (Å²) in [6.45, 7) is 0. The summed E-state index contributed by atoms with van der Waals surface area (Å²) in [6, 6.07) is 3.52. The molecule has 0 heterocycles. The standard InChI is InChI=1S/C11H9NO6/c1-18-10(13)5-3-7-2-4-9(12(16)17)8(6-7)11(14)15/h2-6H,1H3,(H,14,15). The smallest absolute Gasteiger partial charge is 0.342 e. The van der Waals surface area contributed by atoms with Crippen molar-refractivity contribution >= 4 is 23.7 Å². The van der Waals surface area contributed by atoms with Gasteiger partial charge in [-0.2, -0.15) is 0 Å². The van der Waals surface area contributed by atoms with Gasteiger partial charge in [-0.25, -0.2) is 9.59 Å². The van der Waals surface area contributed by atoms with Gasteiger partial charge < -0.3 is 9.84 Å². The molecular formula is C11H9NO6. The van der Waals surface area contributed by atoms with Gasteiger partial charge in [0.15, 0.2) is 0 Å². The molecule has 0 saturated carbocycles. The van der Waals surface area contributed by atoms with Gasteiger partial charge in [-0.1, -0.05) is 0 Å². The molecule has 0 saturated heterocycles. The Kier molecular flexibility index (Phi) is 4.14. The highest BCUT2D eigenvalue weighted by Crippen LogP contribution is 2.20. The van der Waals surface area contributed by atoms with Crippen molar-refractivity contribution < 1.29 is 24.4 Å². The third-order valence-electron chi connectivity index (χ3n) is 2.06. The maximum atomic E-state index is 10.9. The van der Waals surface area contributed by atoms with Crippen molar-refractivity contribution in [3.63, 3.8) is 0 Å². The predicted molar refractivity (Wildman–Crippen MR) is 61.1 cm³/mol. The zero-order valence-electron chi connectivity index (χ0n) is 9.32. The summed E-state index contributed by atoms with van der Waals surface area (Å²) < 4.78 is 4.36. The van der Waals surface area contributed by atoms with E-state index in [1.165, 1.54) is 19.3 Å². The highest BCUT2D eigenvalue weighted by Gasteiger charge is 2.19. The Hall–Kier alpha value is -2.70. The van der Waals surface area contributed by atoms with E-state index >= 15 is 0 Å². The van der Waals surface area contributed by atoms with Crippen LogP contribution in [0.5, 0.6) is 0 Å². The molecule has 1 rings (SSSR count). The lowest BCUT2D eigenvalue weighted by atomic mass is 10.1. The first-order valence-electron chi connectivity index (χ1n) is 4.73. The second-order valence-corrected chi connectivity index (χ2v) is 3.20. The zero-order valence-corrected chi connectivity index (χ0v) is 9.32. The van der Waals surface area contributed by atoms with Crippen molar-refractivity contribution in [2.45, 2.75) is 0 Å². The van der Waals surface area contributed by atoms with Crippen LogP contribution in [0, 0.1) is 10.1 Å². The van der Waals surface area contributed by atoms with Gasteiger partial charge in [0.05, 0.1) is 12.0 Å². The topological polar surface area (TPSA) is 107 Å². The molecule has 0 spiro atoms. The number of carboxylic acids is 1. The normalized spacial score (nSPS) is 10.3. The summed E-state index contributed by atoms with van der Waals surface area (Å²) in [5.74, 6) is -2.01. The molecule has 0 atom stereocenters. The van der Waals surface area contributed by atoms with E-state index in [-0.39, 0.29) is 0 Å². The third-order valence-corrected chi connectivity index (χ3v) is 2.06. The Morgan fingerprint density at radius 3 is 2.61 bits per heavy atom. The summed E-state index contributed by atoms with van der Waals surface area (Å²) >= 11 is 0. The number of ether oxygens (including phenoxy) is 1. The summed E-state index contributed by atoms with van der Waals surface area (Å²) in [6.07, 6.45) is 2.40. The van der Waals surface area contributed by atoms with Gasteiger partial charge in [0.2, 0.25) is 0 Å². The van der Waals surface area contributed by atoms with Crippen LogP contribution in [0.1, 0.15) is 15.9 Å². The van der Waals surface area contributed by atoms with Crippen LogP contribution in [0.2, 0.25) is 0 Å². The highest BCUT2D eigenvalue weighted by molar-refractivity contribution is 5.94. The van der Waals surface area contributed by atoms with Crippen LogP contribution in [-0.2, 0) is 9.53 Å². The van der Waals surface area contributed by atoms with E-state index in [2.05, 4.69) is 4.74 Å². The molecule has 0 aliphatic heterocycles. The predicted octanol–water partition coefficient (Wildman–Crippen LogP) is 1.48. The molecule has 1 N–H and O–H groups in total. The second kappa shape index (κ2) is 5.58. The molecule has 7 nitrogen and oxygen atoms in total. The Labute approximate surface area is 101 Å². The molecule has 0 unspecified atom stereocenters. The maximum absolute atomic E-state index is 10.9. The number of hydrogen-bond acceptors (Lipinski definition) is 5. The molecule has 1 aromatic carbocycles. The number of rotatable bonds is 4. The minimum Gasteiger partial charge on any atom is -0.477 e. The molecule has 0 amide bonds. The van der Waals surface area contributed by atoms with E-state index in [1.54, 1.807) is 0 Å². The SMILES string of the molecule is COC(=O)C=Cc1ccc([N+](=O)[O-])c(C(=O)O)c1. The van der Waals surface area contributed by atoms with Crippen molar-refractivity contribution in [3.8, 4) is 0 Å². The average molecular weight is 251 g/mol. The fourth-order valence-corrected chi connectivity index (χ4v) is 1.22. The van der Waals surface area contributed by atoms with Crippen LogP contribution >= 0.6 is 0 Å². The summed E-state index contributed by atoms with van der Waals surface area (Å²) in [5, 5.41) is 19.4. The van der Waals surface area contributed by atoms with Gasteiger partial charge >= 0.3 is 11.9 Å². The summed E-state index contributed by atoms with van der Waals surface area (Å²) in [4.78, 5) is 31.5. The Balaban J connectivity index is 3.15. The minimum absolute atomic E-state index is 0.350. The van der Waals surface area contributed by atoms with Crippen LogP contribution in [-0.4, -0.2) is 29.1 Å². The van der Waals surface area contributed by atoms with Crippen LogP contribution in [0.15, 0.2) is 24.3 Å². The van der Waals surface area contributed by atoms with E-state index in [4.69, 9.17) is 5.11 Å². The molecule has 0 aromatic heterocycles. The number of nitrogens with zero attached hydrogens (tertiary/aromatic N) is 1. The van der Waals surface area contributed by atoms with Crippen molar-refractivity contribution in [2.75, 3.05) is 7.11 Å². The Morgan fingerprint density at radius 1 is 1.44 bits per heavy atom. The number of hydrogen-bond donors (Lipinski definition) is 1. The molecule has 0 radical (unpaired) electrons.